The molecule has 1 aromatic carbocycles. The number of hydrogen-bond acceptors (Lipinski definition) is 6. The summed E-state index contributed by atoms with van der Waals surface area (Å²) in [5, 5.41) is 11.8. The minimum Gasteiger partial charge on any atom is -0.406 e. The van der Waals surface area contributed by atoms with Crippen molar-refractivity contribution in [2.24, 2.45) is 5.73 Å². The molecule has 0 radical (unpaired) electrons. The van der Waals surface area contributed by atoms with Crippen LogP contribution in [0, 0.1) is 0 Å². The molecule has 0 aliphatic heterocycles. The number of nitrogens with two attached hydrogens (primary N) is 1. The molecule has 0 spiro atoms. The molecule has 0 amide bonds. The van der Waals surface area contributed by atoms with Crippen LogP contribution >= 0.6 is 11.8 Å². The van der Waals surface area contributed by atoms with E-state index in [9.17, 15) is 13.2 Å². The average Bonchev–Trinajstić information content (AvgIpc) is 2.84. The number of ether oxygens (including phenoxy) is 1. The van der Waals surface area contributed by atoms with Crippen molar-refractivity contribution in [2.75, 3.05) is 6.54 Å². The Labute approximate surface area is 122 Å². The highest BCUT2D eigenvalue weighted by atomic mass is 32.2. The molecule has 0 aliphatic carbocycles. The monoisotopic (exact) mass is 319 g/mol. The van der Waals surface area contributed by atoms with Crippen molar-refractivity contribution in [1.82, 2.24) is 20.2 Å². The zero-order valence-electron chi connectivity index (χ0n) is 10.7. The summed E-state index contributed by atoms with van der Waals surface area (Å²) in [6.45, 7) is 0.926. The van der Waals surface area contributed by atoms with Crippen molar-refractivity contribution in [3.8, 4) is 5.75 Å². The van der Waals surface area contributed by atoms with Gasteiger partial charge in [-0.25, -0.2) is 4.68 Å². The lowest BCUT2D eigenvalue weighted by Crippen LogP contribution is -2.17. The lowest BCUT2D eigenvalue weighted by atomic mass is 10.2. The second-order valence-corrected chi connectivity index (χ2v) is 4.90. The van der Waals surface area contributed by atoms with Crippen LogP contribution in [0.15, 0.2) is 29.4 Å². The second kappa shape index (κ2) is 6.76. The molecule has 6 nitrogen and oxygen atoms in total. The van der Waals surface area contributed by atoms with Crippen molar-refractivity contribution in [2.45, 2.75) is 23.8 Å². The maximum atomic E-state index is 12.0. The van der Waals surface area contributed by atoms with Crippen LogP contribution in [0.2, 0.25) is 0 Å². The molecule has 2 rings (SSSR count). The van der Waals surface area contributed by atoms with Crippen LogP contribution in [-0.2, 0) is 12.3 Å². The van der Waals surface area contributed by atoms with Gasteiger partial charge in [0.05, 0.1) is 6.54 Å². The molecule has 0 aliphatic rings. The first-order chi connectivity index (χ1) is 9.98. The summed E-state index contributed by atoms with van der Waals surface area (Å²) in [4.78, 5) is 0. The summed E-state index contributed by atoms with van der Waals surface area (Å²) in [7, 11) is 0. The summed E-state index contributed by atoms with van der Waals surface area (Å²) < 4.78 is 41.5. The first kappa shape index (κ1) is 15.6. The Morgan fingerprint density at radius 2 is 1.95 bits per heavy atom. The van der Waals surface area contributed by atoms with Crippen LogP contribution in [-0.4, -0.2) is 33.1 Å². The number of tetrazole rings is 1. The molecule has 2 aromatic rings. The highest BCUT2D eigenvalue weighted by Gasteiger charge is 2.30. The Morgan fingerprint density at radius 1 is 1.24 bits per heavy atom. The largest absolute Gasteiger partial charge is 0.573 e. The third-order valence-electron chi connectivity index (χ3n) is 2.36. The molecule has 0 saturated carbocycles. The van der Waals surface area contributed by atoms with Crippen LogP contribution < -0.4 is 10.5 Å². The molecule has 0 unspecified atom stereocenters. The van der Waals surface area contributed by atoms with Gasteiger partial charge >= 0.3 is 6.36 Å². The number of thioether (sulfide) groups is 1. The van der Waals surface area contributed by atoms with Gasteiger partial charge in [0.2, 0.25) is 5.16 Å². The number of aromatic nitrogens is 4. The Bertz CT molecular complexity index is 572. The van der Waals surface area contributed by atoms with Gasteiger partial charge in [0.1, 0.15) is 5.75 Å². The van der Waals surface area contributed by atoms with E-state index in [4.69, 9.17) is 5.73 Å². The molecule has 10 heteroatoms. The molecule has 1 aromatic heterocycles. The topological polar surface area (TPSA) is 78.9 Å². The van der Waals surface area contributed by atoms with Crippen LogP contribution in [0.4, 0.5) is 13.2 Å². The van der Waals surface area contributed by atoms with Crippen molar-refractivity contribution in [3.63, 3.8) is 0 Å². The molecule has 0 atom stereocenters. The van der Waals surface area contributed by atoms with Crippen molar-refractivity contribution in [1.29, 1.82) is 0 Å². The number of alkyl halides is 3. The van der Waals surface area contributed by atoms with Crippen molar-refractivity contribution < 1.29 is 17.9 Å². The van der Waals surface area contributed by atoms with E-state index in [1.165, 1.54) is 23.9 Å². The van der Waals surface area contributed by atoms with Crippen LogP contribution in [0.3, 0.4) is 0 Å². The Morgan fingerprint density at radius 3 is 2.57 bits per heavy atom. The molecular weight excluding hydrogens is 307 g/mol. The van der Waals surface area contributed by atoms with Gasteiger partial charge in [0, 0.05) is 12.3 Å². The third kappa shape index (κ3) is 4.90. The standard InChI is InChI=1S/C11H12F3N5OS/c12-11(13,14)20-9-3-1-8(2-4-9)7-21-10-16-17-18-19(10)6-5-15/h1-4H,5-7,15H2. The highest BCUT2D eigenvalue weighted by Crippen LogP contribution is 2.25. The number of nitrogens with zero attached hydrogens (tertiary/aromatic N) is 4. The van der Waals surface area contributed by atoms with Gasteiger partial charge in [0.15, 0.2) is 0 Å². The van der Waals surface area contributed by atoms with E-state index in [1.807, 2.05) is 0 Å². The SMILES string of the molecule is NCCn1nnnc1SCc1ccc(OC(F)(F)F)cc1. The minimum atomic E-state index is -4.68. The molecule has 2 N–H and O–H groups in total. The molecule has 0 bridgehead atoms. The summed E-state index contributed by atoms with van der Waals surface area (Å²) in [6.07, 6.45) is -4.68. The van der Waals surface area contributed by atoms with Crippen LogP contribution in [0.5, 0.6) is 5.75 Å². The van der Waals surface area contributed by atoms with Crippen molar-refractivity contribution in [3.05, 3.63) is 29.8 Å². The van der Waals surface area contributed by atoms with Crippen LogP contribution in [0.1, 0.15) is 5.56 Å². The Hall–Kier alpha value is -1.81. The van der Waals surface area contributed by atoms with Crippen LogP contribution in [0.25, 0.3) is 0 Å². The minimum absolute atomic E-state index is 0.246. The van der Waals surface area contributed by atoms with E-state index < -0.39 is 6.36 Å². The van der Waals surface area contributed by atoms with Gasteiger partial charge < -0.3 is 10.5 Å². The zero-order chi connectivity index (χ0) is 15.3. The summed E-state index contributed by atoms with van der Waals surface area (Å²) in [5.41, 5.74) is 6.26. The number of rotatable bonds is 6. The fraction of sp³-hybridized carbons (Fsp3) is 0.364. The second-order valence-electron chi connectivity index (χ2n) is 3.95. The Kier molecular flexibility index (Phi) is 5.02. The highest BCUT2D eigenvalue weighted by molar-refractivity contribution is 7.98. The third-order valence-corrected chi connectivity index (χ3v) is 3.39. The number of hydrogen-bond donors (Lipinski definition) is 1. The quantitative estimate of drug-likeness (QED) is 0.818. The molecule has 0 saturated heterocycles. The fourth-order valence-corrected chi connectivity index (χ4v) is 2.36. The lowest BCUT2D eigenvalue weighted by molar-refractivity contribution is -0.274. The maximum Gasteiger partial charge on any atom is 0.573 e. The summed E-state index contributed by atoms with van der Waals surface area (Å²) in [6, 6.07) is 5.66. The van der Waals surface area contributed by atoms with Gasteiger partial charge in [-0.3, -0.25) is 0 Å². The van der Waals surface area contributed by atoms with E-state index in [-0.39, 0.29) is 5.75 Å². The molecule has 0 fully saturated rings. The predicted molar refractivity (Wildman–Crippen MR) is 69.6 cm³/mol. The van der Waals surface area contributed by atoms with Crippen molar-refractivity contribution >= 4 is 11.8 Å². The van der Waals surface area contributed by atoms with E-state index in [2.05, 4.69) is 20.3 Å². The molecule has 21 heavy (non-hydrogen) atoms. The summed E-state index contributed by atoms with van der Waals surface area (Å²) in [5.74, 6) is 0.279. The normalized spacial score (nSPS) is 11.6. The number of benzene rings is 1. The molecule has 114 valence electrons. The maximum absolute atomic E-state index is 12.0. The predicted octanol–water partition coefficient (Wildman–Crippen LogP) is 1.82. The lowest BCUT2D eigenvalue weighted by Gasteiger charge is -2.09. The van der Waals surface area contributed by atoms with Gasteiger partial charge in [0.25, 0.3) is 0 Å². The van der Waals surface area contributed by atoms with E-state index in [0.717, 1.165) is 5.56 Å². The van der Waals surface area contributed by atoms with E-state index in [1.54, 1.807) is 16.8 Å². The van der Waals surface area contributed by atoms with Gasteiger partial charge in [-0.2, -0.15) is 0 Å². The van der Waals surface area contributed by atoms with Gasteiger partial charge in [-0.1, -0.05) is 23.9 Å². The van der Waals surface area contributed by atoms with E-state index in [0.29, 0.717) is 24.0 Å². The first-order valence-electron chi connectivity index (χ1n) is 5.91. The van der Waals surface area contributed by atoms with Gasteiger partial charge in [-0.05, 0) is 28.1 Å². The van der Waals surface area contributed by atoms with Gasteiger partial charge in [-0.15, -0.1) is 18.3 Å². The average molecular weight is 319 g/mol. The molecule has 1 heterocycles. The Balaban J connectivity index is 1.93. The smallest absolute Gasteiger partial charge is 0.406 e. The summed E-state index contributed by atoms with van der Waals surface area (Å²) >= 11 is 1.37. The fourth-order valence-electron chi connectivity index (χ4n) is 1.50. The molecular formula is C11H12F3N5OS. The zero-order valence-corrected chi connectivity index (χ0v) is 11.6. The first-order valence-corrected chi connectivity index (χ1v) is 6.90. The number of halogens is 3. The van der Waals surface area contributed by atoms with E-state index >= 15 is 0 Å².